The molecule has 1 aromatic carbocycles. The summed E-state index contributed by atoms with van der Waals surface area (Å²) in [7, 11) is 3.14. The quantitative estimate of drug-likeness (QED) is 0.650. The summed E-state index contributed by atoms with van der Waals surface area (Å²) >= 11 is 14.5. The van der Waals surface area contributed by atoms with Gasteiger partial charge in [0.2, 0.25) is 0 Å². The van der Waals surface area contributed by atoms with Gasteiger partial charge < -0.3 is 10.1 Å². The molecule has 1 saturated heterocycles. The van der Waals surface area contributed by atoms with Crippen LogP contribution in [0.2, 0.25) is 5.02 Å². The van der Waals surface area contributed by atoms with E-state index in [0.29, 0.717) is 27.1 Å². The van der Waals surface area contributed by atoms with Crippen molar-refractivity contribution in [1.29, 1.82) is 0 Å². The third kappa shape index (κ3) is 2.75. The molecule has 0 atom stereocenters. The fraction of sp³-hybridized carbons (Fsp3) is 0.167. The Labute approximate surface area is 129 Å². The second-order valence-corrected chi connectivity index (χ2v) is 5.57. The first-order valence-corrected chi connectivity index (χ1v) is 6.85. The molecule has 2 rings (SSSR count). The van der Waals surface area contributed by atoms with E-state index in [-0.39, 0.29) is 5.91 Å². The van der Waals surface area contributed by atoms with Crippen molar-refractivity contribution in [3.8, 4) is 5.75 Å². The van der Waals surface area contributed by atoms with Gasteiger partial charge in [0, 0.05) is 17.1 Å². The fourth-order valence-corrected chi connectivity index (χ4v) is 2.79. The maximum absolute atomic E-state index is 11.9. The Morgan fingerprint density at radius 1 is 1.53 bits per heavy atom. The minimum absolute atomic E-state index is 0.192. The number of rotatable bonds is 2. The largest absolute Gasteiger partial charge is 0.495 e. The molecule has 0 aliphatic carbocycles. The van der Waals surface area contributed by atoms with E-state index < -0.39 is 0 Å². The van der Waals surface area contributed by atoms with Crippen LogP contribution in [0.3, 0.4) is 0 Å². The van der Waals surface area contributed by atoms with Crippen molar-refractivity contribution >= 4 is 56.8 Å². The van der Waals surface area contributed by atoms with Crippen LogP contribution in [-0.4, -0.2) is 30.1 Å². The van der Waals surface area contributed by atoms with Gasteiger partial charge in [0.1, 0.15) is 11.4 Å². The zero-order valence-corrected chi connectivity index (χ0v) is 13.3. The third-order valence-corrected chi connectivity index (χ3v) is 3.74. The molecule has 1 amide bonds. The molecule has 0 radical (unpaired) electrons. The van der Waals surface area contributed by atoms with Gasteiger partial charge >= 0.3 is 0 Å². The Morgan fingerprint density at radius 2 is 2.21 bits per heavy atom. The maximum Gasteiger partial charge on any atom is 0.276 e. The van der Waals surface area contributed by atoms with Crippen molar-refractivity contribution in [2.75, 3.05) is 14.2 Å². The monoisotopic (exact) mass is 360 g/mol. The maximum atomic E-state index is 11.9. The Bertz CT molecular complexity index is 604. The van der Waals surface area contributed by atoms with Crippen LogP contribution >= 0.6 is 39.7 Å². The van der Waals surface area contributed by atoms with Crippen LogP contribution in [0.25, 0.3) is 6.08 Å². The Kier molecular flexibility index (Phi) is 4.13. The number of amides is 1. The van der Waals surface area contributed by atoms with E-state index in [1.807, 2.05) is 6.07 Å². The zero-order chi connectivity index (χ0) is 14.2. The molecule has 100 valence electrons. The third-order valence-electron chi connectivity index (χ3n) is 2.62. The van der Waals surface area contributed by atoms with Gasteiger partial charge in [-0.05, 0) is 30.4 Å². The highest BCUT2D eigenvalue weighted by Crippen LogP contribution is 2.33. The molecule has 19 heavy (non-hydrogen) atoms. The van der Waals surface area contributed by atoms with E-state index in [1.54, 1.807) is 19.2 Å². The molecule has 1 fully saturated rings. The van der Waals surface area contributed by atoms with Crippen molar-refractivity contribution in [2.45, 2.75) is 0 Å². The van der Waals surface area contributed by atoms with Crippen molar-refractivity contribution in [2.24, 2.45) is 0 Å². The van der Waals surface area contributed by atoms with Gasteiger partial charge in [0.25, 0.3) is 5.91 Å². The predicted molar refractivity (Wildman–Crippen MR) is 82.2 cm³/mol. The van der Waals surface area contributed by atoms with Gasteiger partial charge in [0.15, 0.2) is 5.11 Å². The van der Waals surface area contributed by atoms with Gasteiger partial charge in [-0.1, -0.05) is 27.5 Å². The first-order valence-electron chi connectivity index (χ1n) is 5.28. The molecule has 0 unspecified atom stereocenters. The van der Waals surface area contributed by atoms with Gasteiger partial charge in [-0.25, -0.2) is 0 Å². The highest BCUT2D eigenvalue weighted by Gasteiger charge is 2.27. The van der Waals surface area contributed by atoms with Crippen LogP contribution in [0, 0.1) is 0 Å². The minimum atomic E-state index is -0.192. The summed E-state index contributed by atoms with van der Waals surface area (Å²) in [6.07, 6.45) is 1.66. The van der Waals surface area contributed by atoms with Crippen molar-refractivity contribution in [3.63, 3.8) is 0 Å². The summed E-state index contributed by atoms with van der Waals surface area (Å²) in [5, 5.41) is 3.68. The van der Waals surface area contributed by atoms with E-state index in [2.05, 4.69) is 21.2 Å². The van der Waals surface area contributed by atoms with Crippen LogP contribution in [0.4, 0.5) is 0 Å². The molecule has 0 aromatic heterocycles. The molecule has 1 aromatic rings. The first kappa shape index (κ1) is 14.3. The average Bonchev–Trinajstić information content (AvgIpc) is 2.57. The van der Waals surface area contributed by atoms with Crippen molar-refractivity contribution in [3.05, 3.63) is 32.9 Å². The SMILES string of the molecule is COc1c(Cl)cc(Br)cc1C=C1NC(=S)N(C)C1=O. The number of carbonyl (C=O) groups is 1. The molecule has 1 heterocycles. The first-order chi connectivity index (χ1) is 8.93. The lowest BCUT2D eigenvalue weighted by Gasteiger charge is -2.08. The van der Waals surface area contributed by atoms with Crippen LogP contribution in [0.5, 0.6) is 5.75 Å². The highest BCUT2D eigenvalue weighted by molar-refractivity contribution is 9.10. The van der Waals surface area contributed by atoms with Crippen LogP contribution < -0.4 is 10.1 Å². The van der Waals surface area contributed by atoms with Crippen molar-refractivity contribution in [1.82, 2.24) is 10.2 Å². The average molecular weight is 362 g/mol. The number of hydrogen-bond donors (Lipinski definition) is 1. The van der Waals surface area contributed by atoms with Crippen molar-refractivity contribution < 1.29 is 9.53 Å². The summed E-state index contributed by atoms with van der Waals surface area (Å²) in [5.41, 5.74) is 1.08. The number of benzene rings is 1. The molecular formula is C12H10BrClN2O2S. The van der Waals surface area contributed by atoms with Crippen LogP contribution in [-0.2, 0) is 4.79 Å². The highest BCUT2D eigenvalue weighted by atomic mass is 79.9. The topological polar surface area (TPSA) is 41.6 Å². The normalized spacial score (nSPS) is 17.1. The summed E-state index contributed by atoms with van der Waals surface area (Å²) < 4.78 is 6.05. The molecule has 1 N–H and O–H groups in total. The molecule has 1 aliphatic heterocycles. The number of nitrogens with one attached hydrogen (secondary N) is 1. The number of halogens is 2. The molecule has 1 aliphatic rings. The number of nitrogens with zero attached hydrogens (tertiary/aromatic N) is 1. The van der Waals surface area contributed by atoms with E-state index in [9.17, 15) is 4.79 Å². The minimum Gasteiger partial charge on any atom is -0.495 e. The van der Waals surface area contributed by atoms with Gasteiger partial charge in [-0.2, -0.15) is 0 Å². The molecule has 0 spiro atoms. The second-order valence-electron chi connectivity index (χ2n) is 3.86. The van der Waals surface area contributed by atoms with E-state index in [0.717, 1.165) is 4.47 Å². The standard InChI is InChI=1S/C12H10BrClN2O2S/c1-16-11(17)9(15-12(16)19)4-6-3-7(13)5-8(14)10(6)18-2/h3-5H,1-2H3,(H,15,19). The van der Waals surface area contributed by atoms with E-state index in [4.69, 9.17) is 28.6 Å². The smallest absolute Gasteiger partial charge is 0.276 e. The number of ether oxygens (including phenoxy) is 1. The number of carbonyl (C=O) groups excluding carboxylic acids is 1. The van der Waals surface area contributed by atoms with Gasteiger partial charge in [0.05, 0.1) is 12.1 Å². The second kappa shape index (κ2) is 5.48. The lowest BCUT2D eigenvalue weighted by Crippen LogP contribution is -2.25. The number of likely N-dealkylation sites (N-methyl/N-ethyl adjacent to an activating group) is 1. The summed E-state index contributed by atoms with van der Waals surface area (Å²) in [5.74, 6) is 0.315. The Hall–Kier alpha value is -1.11. The Morgan fingerprint density at radius 3 is 2.74 bits per heavy atom. The van der Waals surface area contributed by atoms with E-state index in [1.165, 1.54) is 12.0 Å². The van der Waals surface area contributed by atoms with Crippen LogP contribution in [0.1, 0.15) is 5.56 Å². The molecule has 0 bridgehead atoms. The molecule has 4 nitrogen and oxygen atoms in total. The molecule has 0 saturated carbocycles. The predicted octanol–water partition coefficient (Wildman–Crippen LogP) is 2.80. The number of hydrogen-bond acceptors (Lipinski definition) is 3. The summed E-state index contributed by atoms with van der Waals surface area (Å²) in [6, 6.07) is 3.54. The lowest BCUT2D eigenvalue weighted by atomic mass is 10.1. The van der Waals surface area contributed by atoms with Crippen LogP contribution in [0.15, 0.2) is 22.3 Å². The van der Waals surface area contributed by atoms with Gasteiger partial charge in [-0.3, -0.25) is 9.69 Å². The number of methoxy groups -OCH3 is 1. The number of thiocarbonyl (C=S) groups is 1. The fourth-order valence-electron chi connectivity index (χ4n) is 1.68. The summed E-state index contributed by atoms with van der Waals surface area (Å²) in [6.45, 7) is 0. The molecular weight excluding hydrogens is 352 g/mol. The summed E-state index contributed by atoms with van der Waals surface area (Å²) in [4.78, 5) is 13.3. The van der Waals surface area contributed by atoms with E-state index >= 15 is 0 Å². The Balaban J connectivity index is 2.49. The van der Waals surface area contributed by atoms with Gasteiger partial charge in [-0.15, -0.1) is 0 Å². The lowest BCUT2D eigenvalue weighted by molar-refractivity contribution is -0.121. The zero-order valence-electron chi connectivity index (χ0n) is 10.2. The molecule has 7 heteroatoms.